The number of amides is 3. The fourth-order valence-corrected chi connectivity index (χ4v) is 3.98. The van der Waals surface area contributed by atoms with Gasteiger partial charge in [0.25, 0.3) is 0 Å². The number of carbonyl (C=O) groups is 3. The molecule has 0 saturated carbocycles. The number of benzene rings is 2. The molecule has 1 aliphatic rings. The van der Waals surface area contributed by atoms with Crippen molar-refractivity contribution >= 4 is 17.7 Å². The van der Waals surface area contributed by atoms with E-state index in [1.54, 1.807) is 11.9 Å². The first-order valence-electron chi connectivity index (χ1n) is 10.6. The van der Waals surface area contributed by atoms with Gasteiger partial charge in [0.05, 0.1) is 12.5 Å². The lowest BCUT2D eigenvalue weighted by Gasteiger charge is -2.29. The van der Waals surface area contributed by atoms with E-state index < -0.39 is 35.5 Å². The van der Waals surface area contributed by atoms with Gasteiger partial charge in [0, 0.05) is 13.1 Å². The molecule has 3 rings (SSSR count). The van der Waals surface area contributed by atoms with Crippen LogP contribution in [0.3, 0.4) is 0 Å². The molecule has 3 atom stereocenters. The van der Waals surface area contributed by atoms with Crippen molar-refractivity contribution < 1.29 is 23.2 Å². The van der Waals surface area contributed by atoms with Gasteiger partial charge < -0.3 is 15.5 Å². The largest absolute Gasteiger partial charge is 0.344 e. The zero-order chi connectivity index (χ0) is 23.3. The number of likely N-dealkylation sites (tertiary alicyclic amines) is 1. The minimum atomic E-state index is -0.910. The third kappa shape index (κ3) is 5.90. The summed E-state index contributed by atoms with van der Waals surface area (Å²) in [5.74, 6) is -2.77. The van der Waals surface area contributed by atoms with Crippen LogP contribution in [0.1, 0.15) is 43.4 Å². The van der Waals surface area contributed by atoms with E-state index >= 15 is 0 Å². The summed E-state index contributed by atoms with van der Waals surface area (Å²) in [6.07, 6.45) is 1.78. The van der Waals surface area contributed by atoms with Crippen LogP contribution < -0.4 is 10.6 Å². The van der Waals surface area contributed by atoms with Crippen molar-refractivity contribution in [3.63, 3.8) is 0 Å². The first kappa shape index (κ1) is 23.4. The smallest absolute Gasteiger partial charge is 0.245 e. The van der Waals surface area contributed by atoms with Crippen molar-refractivity contribution in [2.75, 3.05) is 7.05 Å². The predicted molar refractivity (Wildman–Crippen MR) is 115 cm³/mol. The molecule has 0 aromatic heterocycles. The Kier molecular flexibility index (Phi) is 7.56. The van der Waals surface area contributed by atoms with E-state index in [0.717, 1.165) is 36.6 Å². The van der Waals surface area contributed by atoms with Crippen molar-refractivity contribution in [1.29, 1.82) is 0 Å². The van der Waals surface area contributed by atoms with Crippen LogP contribution in [-0.4, -0.2) is 41.8 Å². The molecule has 1 fully saturated rings. The molecule has 1 saturated heterocycles. The first-order valence-corrected chi connectivity index (χ1v) is 10.6. The molecule has 8 heteroatoms. The predicted octanol–water partition coefficient (Wildman–Crippen LogP) is 2.88. The Bertz CT molecular complexity index is 963. The van der Waals surface area contributed by atoms with Crippen LogP contribution in [0.2, 0.25) is 0 Å². The van der Waals surface area contributed by atoms with E-state index in [2.05, 4.69) is 10.6 Å². The number of nitrogens with zero attached hydrogens (tertiary/aromatic N) is 1. The van der Waals surface area contributed by atoms with Gasteiger partial charge in [-0.05, 0) is 49.4 Å². The van der Waals surface area contributed by atoms with Crippen LogP contribution in [0, 0.1) is 11.6 Å². The van der Waals surface area contributed by atoms with Crippen LogP contribution in [0.25, 0.3) is 0 Å². The van der Waals surface area contributed by atoms with Gasteiger partial charge in [-0.2, -0.15) is 0 Å². The van der Waals surface area contributed by atoms with E-state index in [1.165, 1.54) is 6.92 Å². The van der Waals surface area contributed by atoms with Crippen molar-refractivity contribution in [3.8, 4) is 0 Å². The molecule has 0 aliphatic carbocycles. The van der Waals surface area contributed by atoms with Crippen molar-refractivity contribution in [2.24, 2.45) is 0 Å². The summed E-state index contributed by atoms with van der Waals surface area (Å²) < 4.78 is 26.6. The monoisotopic (exact) mass is 443 g/mol. The summed E-state index contributed by atoms with van der Waals surface area (Å²) in [6.45, 7) is 1.50. The average molecular weight is 443 g/mol. The molecule has 0 bridgehead atoms. The van der Waals surface area contributed by atoms with Gasteiger partial charge in [0.1, 0.15) is 23.7 Å². The molecule has 6 nitrogen and oxygen atoms in total. The summed E-state index contributed by atoms with van der Waals surface area (Å²) in [5.41, 5.74) is 1.21. The molecule has 0 radical (unpaired) electrons. The van der Waals surface area contributed by atoms with Crippen LogP contribution in [0.15, 0.2) is 48.5 Å². The second-order valence-corrected chi connectivity index (χ2v) is 8.11. The van der Waals surface area contributed by atoms with E-state index in [4.69, 9.17) is 0 Å². The highest BCUT2D eigenvalue weighted by molar-refractivity contribution is 5.92. The highest BCUT2D eigenvalue weighted by Gasteiger charge is 2.33. The normalized spacial score (nSPS) is 19.8. The molecule has 1 heterocycles. The average Bonchev–Trinajstić information content (AvgIpc) is 2.87. The zero-order valence-corrected chi connectivity index (χ0v) is 18.1. The van der Waals surface area contributed by atoms with Gasteiger partial charge in [-0.3, -0.25) is 14.4 Å². The number of hydrogen-bond acceptors (Lipinski definition) is 3. The number of carbonyl (C=O) groups excluding carboxylic acids is 3. The van der Waals surface area contributed by atoms with Crippen molar-refractivity contribution in [3.05, 3.63) is 71.3 Å². The Hall–Kier alpha value is -3.29. The fourth-order valence-electron chi connectivity index (χ4n) is 3.98. The minimum Gasteiger partial charge on any atom is -0.344 e. The van der Waals surface area contributed by atoms with Crippen molar-refractivity contribution in [1.82, 2.24) is 15.5 Å². The summed E-state index contributed by atoms with van der Waals surface area (Å²) in [7, 11) is 1.73. The number of halogens is 2. The van der Waals surface area contributed by atoms with Gasteiger partial charge in [0.2, 0.25) is 17.7 Å². The Balaban J connectivity index is 1.57. The Morgan fingerprint density at radius 1 is 1.09 bits per heavy atom. The topological polar surface area (TPSA) is 78.5 Å². The van der Waals surface area contributed by atoms with Gasteiger partial charge in [-0.25, -0.2) is 8.78 Å². The summed E-state index contributed by atoms with van der Waals surface area (Å²) in [4.78, 5) is 39.4. The molecule has 3 amide bonds. The summed E-state index contributed by atoms with van der Waals surface area (Å²) in [6, 6.07) is 10.9. The SMILES string of the molecule is C[C@H](NC(=O)Cc1cc(F)cc(F)c1)C(=O)N[C@@H]1CCC[C@@H](c2ccccc2)N(C)C1=O. The van der Waals surface area contributed by atoms with Gasteiger partial charge in [-0.1, -0.05) is 30.3 Å². The summed E-state index contributed by atoms with van der Waals surface area (Å²) >= 11 is 0. The van der Waals surface area contributed by atoms with Crippen LogP contribution in [0.4, 0.5) is 8.78 Å². The maximum atomic E-state index is 13.3. The van der Waals surface area contributed by atoms with Crippen LogP contribution >= 0.6 is 0 Å². The quantitative estimate of drug-likeness (QED) is 0.721. The molecule has 170 valence electrons. The minimum absolute atomic E-state index is 0.0607. The third-order valence-corrected chi connectivity index (χ3v) is 5.64. The molecular weight excluding hydrogens is 416 g/mol. The number of nitrogens with one attached hydrogen (secondary N) is 2. The van der Waals surface area contributed by atoms with Crippen molar-refractivity contribution in [2.45, 2.75) is 50.7 Å². The van der Waals surface area contributed by atoms with Gasteiger partial charge in [-0.15, -0.1) is 0 Å². The van der Waals surface area contributed by atoms with Crippen LogP contribution in [0.5, 0.6) is 0 Å². The van der Waals surface area contributed by atoms with Gasteiger partial charge >= 0.3 is 0 Å². The molecule has 0 unspecified atom stereocenters. The second kappa shape index (κ2) is 10.3. The maximum Gasteiger partial charge on any atom is 0.245 e. The van der Waals surface area contributed by atoms with Crippen LogP contribution in [-0.2, 0) is 20.8 Å². The Labute approximate surface area is 186 Å². The third-order valence-electron chi connectivity index (χ3n) is 5.64. The highest BCUT2D eigenvalue weighted by atomic mass is 19.1. The number of hydrogen-bond donors (Lipinski definition) is 2. The number of rotatable bonds is 6. The second-order valence-electron chi connectivity index (χ2n) is 8.11. The molecular formula is C24H27F2N3O3. The lowest BCUT2D eigenvalue weighted by molar-refractivity contribution is -0.137. The number of likely N-dealkylation sites (N-methyl/N-ethyl adjacent to an activating group) is 1. The maximum absolute atomic E-state index is 13.3. The standard InChI is InChI=1S/C24H27F2N3O3/c1-15(27-22(30)13-16-11-18(25)14-19(26)12-16)23(31)28-20-9-6-10-21(29(2)24(20)32)17-7-4-3-5-8-17/h3-5,7-8,11-12,14-15,20-21H,6,9-10,13H2,1-2H3,(H,27,30)(H,28,31)/t15-,20+,21-/m0/s1. The highest BCUT2D eigenvalue weighted by Crippen LogP contribution is 2.29. The van der Waals surface area contributed by atoms with E-state index in [-0.39, 0.29) is 23.9 Å². The lowest BCUT2D eigenvalue weighted by Crippen LogP contribution is -2.52. The molecule has 1 aliphatic heterocycles. The first-order chi connectivity index (χ1) is 15.2. The Morgan fingerprint density at radius 2 is 1.75 bits per heavy atom. The summed E-state index contributed by atoms with van der Waals surface area (Å²) in [5, 5.41) is 5.25. The molecule has 0 spiro atoms. The zero-order valence-electron chi connectivity index (χ0n) is 18.1. The van der Waals surface area contributed by atoms with E-state index in [1.807, 2.05) is 30.3 Å². The van der Waals surface area contributed by atoms with E-state index in [0.29, 0.717) is 6.42 Å². The lowest BCUT2D eigenvalue weighted by atomic mass is 10.0. The molecule has 2 aromatic rings. The van der Waals surface area contributed by atoms with E-state index in [9.17, 15) is 23.2 Å². The molecule has 2 aromatic carbocycles. The fraction of sp³-hybridized carbons (Fsp3) is 0.375. The molecule has 32 heavy (non-hydrogen) atoms. The Morgan fingerprint density at radius 3 is 2.41 bits per heavy atom. The molecule has 2 N–H and O–H groups in total. The van der Waals surface area contributed by atoms with Gasteiger partial charge in [0.15, 0.2) is 0 Å².